The third kappa shape index (κ3) is 5.04. The summed E-state index contributed by atoms with van der Waals surface area (Å²) in [5, 5.41) is 2.46. The summed E-state index contributed by atoms with van der Waals surface area (Å²) in [5.74, 6) is -0.140. The highest BCUT2D eigenvalue weighted by molar-refractivity contribution is 6.31. The van der Waals surface area contributed by atoms with E-state index in [0.29, 0.717) is 69.2 Å². The number of amides is 2. The predicted molar refractivity (Wildman–Crippen MR) is 136 cm³/mol. The van der Waals surface area contributed by atoms with Crippen molar-refractivity contribution in [3.05, 3.63) is 82.6 Å². The standard InChI is InChI=1S/C28H29ClFN3O2/c29-25-9-4-10-26(30)24(25)19-31-15-17-33(18-16-31)27(34)21-11-13-32(14-12-21)28(35)23-8-3-6-20-5-1-2-7-22(20)23/h1-10,21H,11-19H2. The van der Waals surface area contributed by atoms with Crippen LogP contribution < -0.4 is 0 Å². The fourth-order valence-corrected chi connectivity index (χ4v) is 5.43. The van der Waals surface area contributed by atoms with Crippen molar-refractivity contribution in [3.8, 4) is 0 Å². The number of carbonyl (C=O) groups is 2. The molecule has 0 unspecified atom stereocenters. The molecule has 2 heterocycles. The Bertz CT molecular complexity index is 1210. The van der Waals surface area contributed by atoms with Crippen LogP contribution in [0.2, 0.25) is 5.02 Å². The second-order valence-electron chi connectivity index (χ2n) is 9.39. The lowest BCUT2D eigenvalue weighted by Gasteiger charge is -2.38. The van der Waals surface area contributed by atoms with Crippen LogP contribution in [0, 0.1) is 11.7 Å². The minimum atomic E-state index is -0.291. The van der Waals surface area contributed by atoms with Gasteiger partial charge < -0.3 is 9.80 Å². The van der Waals surface area contributed by atoms with Gasteiger partial charge in [-0.1, -0.05) is 54.1 Å². The first-order chi connectivity index (χ1) is 17.0. The van der Waals surface area contributed by atoms with Gasteiger partial charge in [0, 0.05) is 67.9 Å². The Morgan fingerprint density at radius 1 is 0.829 bits per heavy atom. The van der Waals surface area contributed by atoms with Crippen molar-refractivity contribution in [2.45, 2.75) is 19.4 Å². The first-order valence-corrected chi connectivity index (χ1v) is 12.6. The molecule has 0 aromatic heterocycles. The van der Waals surface area contributed by atoms with Gasteiger partial charge in [0.15, 0.2) is 0 Å². The van der Waals surface area contributed by atoms with E-state index >= 15 is 0 Å². The quantitative estimate of drug-likeness (QED) is 0.523. The van der Waals surface area contributed by atoms with E-state index in [4.69, 9.17) is 11.6 Å². The number of fused-ring (bicyclic) bond motifs is 1. The molecule has 0 spiro atoms. The molecule has 0 radical (unpaired) electrons. The van der Waals surface area contributed by atoms with Crippen molar-refractivity contribution >= 4 is 34.2 Å². The zero-order valence-electron chi connectivity index (χ0n) is 19.6. The normalized spacial score (nSPS) is 17.7. The fourth-order valence-electron chi connectivity index (χ4n) is 5.20. The van der Waals surface area contributed by atoms with Crippen LogP contribution >= 0.6 is 11.6 Å². The van der Waals surface area contributed by atoms with Crippen molar-refractivity contribution in [1.29, 1.82) is 0 Å². The molecule has 0 saturated carbocycles. The van der Waals surface area contributed by atoms with Crippen LogP contribution in [0.4, 0.5) is 4.39 Å². The van der Waals surface area contributed by atoms with Gasteiger partial charge in [0.05, 0.1) is 0 Å². The molecular weight excluding hydrogens is 465 g/mol. The van der Waals surface area contributed by atoms with E-state index in [-0.39, 0.29) is 23.5 Å². The summed E-state index contributed by atoms with van der Waals surface area (Å²) in [5.41, 5.74) is 1.23. The van der Waals surface area contributed by atoms with Crippen molar-refractivity contribution < 1.29 is 14.0 Å². The zero-order valence-corrected chi connectivity index (χ0v) is 20.4. The summed E-state index contributed by atoms with van der Waals surface area (Å²) in [6.45, 7) is 4.25. The highest BCUT2D eigenvalue weighted by Gasteiger charge is 2.32. The Morgan fingerprint density at radius 2 is 1.51 bits per heavy atom. The number of piperidine rings is 1. The molecule has 35 heavy (non-hydrogen) atoms. The van der Waals surface area contributed by atoms with E-state index in [1.807, 2.05) is 52.3 Å². The zero-order chi connectivity index (χ0) is 24.4. The first kappa shape index (κ1) is 23.8. The molecule has 2 amide bonds. The van der Waals surface area contributed by atoms with Crippen LogP contribution in [0.25, 0.3) is 10.8 Å². The number of hydrogen-bond donors (Lipinski definition) is 0. The second kappa shape index (κ2) is 10.3. The lowest BCUT2D eigenvalue weighted by Crippen LogP contribution is -2.51. The van der Waals surface area contributed by atoms with Crippen LogP contribution in [0.3, 0.4) is 0 Å². The Morgan fingerprint density at radius 3 is 2.26 bits per heavy atom. The third-order valence-corrected chi connectivity index (χ3v) is 7.63. The number of hydrogen-bond acceptors (Lipinski definition) is 3. The monoisotopic (exact) mass is 493 g/mol. The van der Waals surface area contributed by atoms with E-state index in [1.165, 1.54) is 6.07 Å². The Labute approximate surface area is 210 Å². The maximum Gasteiger partial charge on any atom is 0.254 e. The Kier molecular flexibility index (Phi) is 7.02. The molecule has 3 aromatic rings. The number of halogens is 2. The van der Waals surface area contributed by atoms with E-state index in [0.717, 1.165) is 16.3 Å². The maximum atomic E-state index is 14.1. The lowest BCUT2D eigenvalue weighted by molar-refractivity contribution is -0.138. The number of likely N-dealkylation sites (tertiary alicyclic amines) is 1. The van der Waals surface area contributed by atoms with Crippen LogP contribution in [-0.4, -0.2) is 65.8 Å². The Hall–Kier alpha value is -2.96. The minimum Gasteiger partial charge on any atom is -0.340 e. The molecule has 7 heteroatoms. The molecule has 2 aliphatic heterocycles. The van der Waals surface area contributed by atoms with Gasteiger partial charge in [-0.25, -0.2) is 4.39 Å². The highest BCUT2D eigenvalue weighted by atomic mass is 35.5. The molecule has 5 nitrogen and oxygen atoms in total. The molecule has 0 N–H and O–H groups in total. The summed E-state index contributed by atoms with van der Waals surface area (Å²) in [7, 11) is 0. The van der Waals surface area contributed by atoms with Gasteiger partial charge in [0.1, 0.15) is 5.82 Å². The smallest absolute Gasteiger partial charge is 0.254 e. The van der Waals surface area contributed by atoms with Crippen molar-refractivity contribution in [2.24, 2.45) is 5.92 Å². The maximum absolute atomic E-state index is 14.1. The largest absolute Gasteiger partial charge is 0.340 e. The van der Waals surface area contributed by atoms with E-state index in [2.05, 4.69) is 4.90 Å². The van der Waals surface area contributed by atoms with Gasteiger partial charge in [-0.05, 0) is 41.8 Å². The summed E-state index contributed by atoms with van der Waals surface area (Å²) < 4.78 is 14.1. The Balaban J connectivity index is 1.14. The van der Waals surface area contributed by atoms with E-state index in [9.17, 15) is 14.0 Å². The van der Waals surface area contributed by atoms with Crippen molar-refractivity contribution in [3.63, 3.8) is 0 Å². The average molecular weight is 494 g/mol. The molecule has 2 fully saturated rings. The van der Waals surface area contributed by atoms with Crippen molar-refractivity contribution in [2.75, 3.05) is 39.3 Å². The van der Waals surface area contributed by atoms with Crippen LogP contribution in [0.1, 0.15) is 28.8 Å². The fraction of sp³-hybridized carbons (Fsp3) is 0.357. The summed E-state index contributed by atoms with van der Waals surface area (Å²) in [6.07, 6.45) is 1.36. The predicted octanol–water partition coefficient (Wildman–Crippen LogP) is 4.83. The minimum absolute atomic E-state index is 0.0353. The molecule has 0 bridgehead atoms. The lowest BCUT2D eigenvalue weighted by atomic mass is 9.94. The second-order valence-corrected chi connectivity index (χ2v) is 9.80. The van der Waals surface area contributed by atoms with E-state index < -0.39 is 0 Å². The van der Waals surface area contributed by atoms with Crippen LogP contribution in [-0.2, 0) is 11.3 Å². The first-order valence-electron chi connectivity index (χ1n) is 12.2. The van der Waals surface area contributed by atoms with Gasteiger partial charge in [-0.3, -0.25) is 14.5 Å². The van der Waals surface area contributed by atoms with E-state index in [1.54, 1.807) is 12.1 Å². The molecule has 182 valence electrons. The summed E-state index contributed by atoms with van der Waals surface area (Å²) in [4.78, 5) is 32.3. The summed E-state index contributed by atoms with van der Waals surface area (Å²) >= 11 is 6.17. The molecule has 0 aliphatic carbocycles. The topological polar surface area (TPSA) is 43.9 Å². The number of benzene rings is 3. The van der Waals surface area contributed by atoms with Gasteiger partial charge in [0.2, 0.25) is 5.91 Å². The van der Waals surface area contributed by atoms with Gasteiger partial charge in [-0.15, -0.1) is 0 Å². The molecule has 3 aromatic carbocycles. The SMILES string of the molecule is O=C(c1cccc2ccccc12)N1CCC(C(=O)N2CCN(Cc3c(F)cccc3Cl)CC2)CC1. The van der Waals surface area contributed by atoms with Gasteiger partial charge in [0.25, 0.3) is 5.91 Å². The molecule has 5 rings (SSSR count). The molecule has 2 aliphatic rings. The van der Waals surface area contributed by atoms with Gasteiger partial charge >= 0.3 is 0 Å². The number of carbonyl (C=O) groups excluding carboxylic acids is 2. The number of rotatable bonds is 4. The highest BCUT2D eigenvalue weighted by Crippen LogP contribution is 2.26. The number of piperazine rings is 1. The van der Waals surface area contributed by atoms with Gasteiger partial charge in [-0.2, -0.15) is 0 Å². The third-order valence-electron chi connectivity index (χ3n) is 7.28. The summed E-state index contributed by atoms with van der Waals surface area (Å²) in [6, 6.07) is 18.5. The molecular formula is C28H29ClFN3O2. The molecule has 2 saturated heterocycles. The van der Waals surface area contributed by atoms with Crippen LogP contribution in [0.5, 0.6) is 0 Å². The van der Waals surface area contributed by atoms with Crippen LogP contribution in [0.15, 0.2) is 60.7 Å². The molecule has 0 atom stereocenters. The van der Waals surface area contributed by atoms with Crippen molar-refractivity contribution in [1.82, 2.24) is 14.7 Å². The average Bonchev–Trinajstić information content (AvgIpc) is 2.90. The number of nitrogens with zero attached hydrogens (tertiary/aromatic N) is 3.